The van der Waals surface area contributed by atoms with Crippen LogP contribution in [-0.4, -0.2) is 14.8 Å². The lowest BCUT2D eigenvalue weighted by atomic mass is 10.1. The van der Waals surface area contributed by atoms with E-state index in [1.54, 1.807) is 12.1 Å². The van der Waals surface area contributed by atoms with Gasteiger partial charge in [0, 0.05) is 29.3 Å². The Kier molecular flexibility index (Phi) is 6.10. The van der Waals surface area contributed by atoms with Crippen molar-refractivity contribution in [1.82, 2.24) is 14.8 Å². The van der Waals surface area contributed by atoms with Crippen LogP contribution in [0.4, 0.5) is 4.39 Å². The van der Waals surface area contributed by atoms with Crippen LogP contribution < -0.4 is 0 Å². The minimum atomic E-state index is -0.285. The maximum Gasteiger partial charge on any atom is 0.191 e. The van der Waals surface area contributed by atoms with Gasteiger partial charge in [-0.05, 0) is 31.0 Å². The number of halogens is 2. The molecule has 0 radical (unpaired) electrons. The van der Waals surface area contributed by atoms with E-state index in [9.17, 15) is 4.39 Å². The first kappa shape index (κ1) is 18.0. The highest BCUT2D eigenvalue weighted by Gasteiger charge is 2.14. The van der Waals surface area contributed by atoms with E-state index in [4.69, 9.17) is 11.6 Å². The molecule has 0 aliphatic rings. The van der Waals surface area contributed by atoms with Crippen LogP contribution in [0.3, 0.4) is 0 Å². The molecule has 1 heterocycles. The van der Waals surface area contributed by atoms with Crippen molar-refractivity contribution in [2.24, 2.45) is 0 Å². The van der Waals surface area contributed by atoms with Gasteiger partial charge in [0.2, 0.25) is 0 Å². The monoisotopic (exact) mass is 375 g/mol. The molecule has 0 aliphatic heterocycles. The molecule has 25 heavy (non-hydrogen) atoms. The van der Waals surface area contributed by atoms with Crippen molar-refractivity contribution in [3.8, 4) is 0 Å². The highest BCUT2D eigenvalue weighted by Crippen LogP contribution is 2.28. The highest BCUT2D eigenvalue weighted by atomic mass is 35.5. The van der Waals surface area contributed by atoms with E-state index in [2.05, 4.69) is 33.8 Å². The fourth-order valence-corrected chi connectivity index (χ4v) is 4.00. The Morgan fingerprint density at radius 2 is 1.84 bits per heavy atom. The quantitative estimate of drug-likeness (QED) is 0.534. The zero-order chi connectivity index (χ0) is 17.6. The average molecular weight is 376 g/mol. The number of rotatable bonds is 7. The van der Waals surface area contributed by atoms with Gasteiger partial charge in [0.05, 0.1) is 0 Å². The van der Waals surface area contributed by atoms with Crippen molar-refractivity contribution in [3.05, 3.63) is 76.3 Å². The van der Waals surface area contributed by atoms with Crippen LogP contribution in [0.5, 0.6) is 0 Å². The van der Waals surface area contributed by atoms with Crippen molar-refractivity contribution in [2.75, 3.05) is 0 Å². The molecule has 0 bridgehead atoms. The summed E-state index contributed by atoms with van der Waals surface area (Å²) in [5, 5.41) is 9.85. The van der Waals surface area contributed by atoms with Crippen molar-refractivity contribution < 1.29 is 4.39 Å². The molecular weight excluding hydrogens is 357 g/mol. The summed E-state index contributed by atoms with van der Waals surface area (Å²) in [7, 11) is 0. The Balaban J connectivity index is 1.69. The molecule has 0 saturated heterocycles. The Bertz CT molecular complexity index is 816. The maximum absolute atomic E-state index is 13.9. The van der Waals surface area contributed by atoms with E-state index < -0.39 is 0 Å². The summed E-state index contributed by atoms with van der Waals surface area (Å²) in [6.45, 7) is 2.85. The minimum absolute atomic E-state index is 0.285. The predicted octanol–water partition coefficient (Wildman–Crippen LogP) is 5.17. The number of aromatic nitrogens is 3. The van der Waals surface area contributed by atoms with Gasteiger partial charge in [-0.1, -0.05) is 59.8 Å². The summed E-state index contributed by atoms with van der Waals surface area (Å²) in [5.74, 6) is 1.10. The standard InChI is InChI=1S/C19H19ClFN3S/c1-2-24-18(12-11-14-7-4-3-5-8-14)22-23-19(24)25-13-15-16(20)9-6-10-17(15)21/h3-10H,2,11-13H2,1H3. The molecule has 3 nitrogen and oxygen atoms in total. The van der Waals surface area contributed by atoms with Gasteiger partial charge in [0.25, 0.3) is 0 Å². The second kappa shape index (κ2) is 8.50. The van der Waals surface area contributed by atoms with Crippen LogP contribution >= 0.6 is 23.4 Å². The van der Waals surface area contributed by atoms with Crippen LogP contribution in [0.15, 0.2) is 53.7 Å². The summed E-state index contributed by atoms with van der Waals surface area (Å²) >= 11 is 7.56. The number of hydrogen-bond donors (Lipinski definition) is 0. The molecule has 0 amide bonds. The fourth-order valence-electron chi connectivity index (χ4n) is 2.64. The average Bonchev–Trinajstić information content (AvgIpc) is 3.02. The summed E-state index contributed by atoms with van der Waals surface area (Å²) in [6, 6.07) is 15.1. The van der Waals surface area contributed by atoms with Crippen LogP contribution in [0.25, 0.3) is 0 Å². The molecule has 0 spiro atoms. The van der Waals surface area contributed by atoms with Gasteiger partial charge in [0.15, 0.2) is 5.16 Å². The first-order valence-electron chi connectivity index (χ1n) is 8.20. The van der Waals surface area contributed by atoms with E-state index in [0.717, 1.165) is 30.4 Å². The largest absolute Gasteiger partial charge is 0.306 e. The Morgan fingerprint density at radius 3 is 2.56 bits per heavy atom. The van der Waals surface area contributed by atoms with Crippen molar-refractivity contribution in [3.63, 3.8) is 0 Å². The third-order valence-electron chi connectivity index (χ3n) is 4.00. The van der Waals surface area contributed by atoms with E-state index in [0.29, 0.717) is 16.3 Å². The van der Waals surface area contributed by atoms with Crippen LogP contribution in [0.2, 0.25) is 5.02 Å². The number of aryl methyl sites for hydroxylation is 2. The number of thioether (sulfide) groups is 1. The zero-order valence-corrected chi connectivity index (χ0v) is 15.5. The molecule has 0 aliphatic carbocycles. The second-order valence-corrected chi connectivity index (χ2v) is 6.97. The maximum atomic E-state index is 13.9. The smallest absolute Gasteiger partial charge is 0.191 e. The third kappa shape index (κ3) is 4.41. The molecule has 130 valence electrons. The van der Waals surface area contributed by atoms with Gasteiger partial charge in [-0.25, -0.2) is 4.39 Å². The predicted molar refractivity (Wildman–Crippen MR) is 101 cm³/mol. The summed E-state index contributed by atoms with van der Waals surface area (Å²) < 4.78 is 16.0. The zero-order valence-electron chi connectivity index (χ0n) is 14.0. The third-order valence-corrected chi connectivity index (χ3v) is 5.34. The van der Waals surface area contributed by atoms with E-state index in [-0.39, 0.29) is 5.82 Å². The SMILES string of the molecule is CCn1c(CCc2ccccc2)nnc1SCc1c(F)cccc1Cl. The lowest BCUT2D eigenvalue weighted by Crippen LogP contribution is -2.05. The second-order valence-electron chi connectivity index (χ2n) is 5.62. The van der Waals surface area contributed by atoms with E-state index >= 15 is 0 Å². The molecule has 3 aromatic rings. The van der Waals surface area contributed by atoms with Gasteiger partial charge >= 0.3 is 0 Å². The molecule has 0 fully saturated rings. The number of benzene rings is 2. The van der Waals surface area contributed by atoms with Crippen LogP contribution in [-0.2, 0) is 25.1 Å². The molecule has 2 aromatic carbocycles. The lowest BCUT2D eigenvalue weighted by molar-refractivity contribution is 0.616. The first-order valence-corrected chi connectivity index (χ1v) is 9.57. The molecule has 0 unspecified atom stereocenters. The molecule has 1 aromatic heterocycles. The molecule has 3 rings (SSSR count). The van der Waals surface area contributed by atoms with Gasteiger partial charge in [-0.3, -0.25) is 0 Å². The van der Waals surface area contributed by atoms with E-state index in [1.165, 1.54) is 23.4 Å². The van der Waals surface area contributed by atoms with Gasteiger partial charge < -0.3 is 4.57 Å². The summed E-state index contributed by atoms with van der Waals surface area (Å²) in [6.07, 6.45) is 1.74. The highest BCUT2D eigenvalue weighted by molar-refractivity contribution is 7.98. The molecule has 0 N–H and O–H groups in total. The Labute approximate surface area is 156 Å². The topological polar surface area (TPSA) is 30.7 Å². The van der Waals surface area contributed by atoms with Gasteiger partial charge in [-0.2, -0.15) is 0 Å². The van der Waals surface area contributed by atoms with Gasteiger partial charge in [-0.15, -0.1) is 10.2 Å². The Hall–Kier alpha value is -1.85. The van der Waals surface area contributed by atoms with E-state index in [1.807, 2.05) is 18.2 Å². The molecular formula is C19H19ClFN3S. The summed E-state index contributed by atoms with van der Waals surface area (Å²) in [5.41, 5.74) is 1.78. The van der Waals surface area contributed by atoms with Crippen molar-refractivity contribution in [2.45, 2.75) is 37.2 Å². The lowest BCUT2D eigenvalue weighted by Gasteiger charge is -2.08. The van der Waals surface area contributed by atoms with Crippen molar-refractivity contribution >= 4 is 23.4 Å². The minimum Gasteiger partial charge on any atom is -0.306 e. The Morgan fingerprint density at radius 1 is 1.04 bits per heavy atom. The molecule has 0 saturated carbocycles. The van der Waals surface area contributed by atoms with Crippen LogP contribution in [0.1, 0.15) is 23.9 Å². The van der Waals surface area contributed by atoms with Crippen molar-refractivity contribution in [1.29, 1.82) is 0 Å². The van der Waals surface area contributed by atoms with Crippen LogP contribution in [0, 0.1) is 5.82 Å². The number of nitrogens with zero attached hydrogens (tertiary/aromatic N) is 3. The first-order chi connectivity index (χ1) is 12.2. The van der Waals surface area contributed by atoms with Gasteiger partial charge in [0.1, 0.15) is 11.6 Å². The molecule has 0 atom stereocenters. The summed E-state index contributed by atoms with van der Waals surface area (Å²) in [4.78, 5) is 0. The normalized spacial score (nSPS) is 11.0. The molecule has 6 heteroatoms. The fraction of sp³-hybridized carbons (Fsp3) is 0.263. The number of hydrogen-bond acceptors (Lipinski definition) is 3.